The summed E-state index contributed by atoms with van der Waals surface area (Å²) in [7, 11) is 0. The molecule has 1 aliphatic rings. The SMILES string of the molecule is C[C@H]1CC[C@@H](C)[C@@H](F)C1. The number of hydrogen-bond acceptors (Lipinski definition) is 0. The Balaban J connectivity index is 2.35. The van der Waals surface area contributed by atoms with Crippen LogP contribution in [-0.2, 0) is 0 Å². The van der Waals surface area contributed by atoms with Crippen LogP contribution in [0.5, 0.6) is 0 Å². The largest absolute Gasteiger partial charge is 0.247 e. The van der Waals surface area contributed by atoms with E-state index in [4.69, 9.17) is 0 Å². The Morgan fingerprint density at radius 2 is 1.89 bits per heavy atom. The molecule has 0 radical (unpaired) electrons. The highest BCUT2D eigenvalue weighted by molar-refractivity contribution is 4.74. The van der Waals surface area contributed by atoms with Crippen LogP contribution in [-0.4, -0.2) is 6.17 Å². The van der Waals surface area contributed by atoms with Gasteiger partial charge < -0.3 is 0 Å². The molecule has 0 aromatic heterocycles. The Hall–Kier alpha value is -0.0700. The third-order valence-electron chi connectivity index (χ3n) is 2.36. The molecule has 0 N–H and O–H groups in total. The Kier molecular flexibility index (Phi) is 2.09. The van der Waals surface area contributed by atoms with Crippen LogP contribution >= 0.6 is 0 Å². The zero-order valence-corrected chi connectivity index (χ0v) is 6.23. The molecule has 1 fully saturated rings. The molecule has 0 unspecified atom stereocenters. The molecule has 1 aliphatic carbocycles. The van der Waals surface area contributed by atoms with Crippen molar-refractivity contribution in [3.05, 3.63) is 0 Å². The second-order valence-corrected chi connectivity index (χ2v) is 3.41. The molecule has 0 nitrogen and oxygen atoms in total. The highest BCUT2D eigenvalue weighted by Crippen LogP contribution is 2.30. The molecular formula is C8H15F. The van der Waals surface area contributed by atoms with Crippen LogP contribution < -0.4 is 0 Å². The van der Waals surface area contributed by atoms with E-state index in [1.165, 1.54) is 6.42 Å². The Morgan fingerprint density at radius 1 is 1.22 bits per heavy atom. The molecule has 0 amide bonds. The predicted molar refractivity (Wildman–Crippen MR) is 37.1 cm³/mol. The first-order valence-electron chi connectivity index (χ1n) is 3.84. The average Bonchev–Trinajstić information content (AvgIpc) is 1.80. The normalized spacial score (nSPS) is 45.0. The standard InChI is InChI=1S/C8H15F/c1-6-3-4-7(2)8(9)5-6/h6-8H,3-5H2,1-2H3/t6-,7+,8-/m0/s1. The quantitative estimate of drug-likeness (QED) is 0.473. The molecule has 1 heteroatoms. The summed E-state index contributed by atoms with van der Waals surface area (Å²) in [6.07, 6.45) is 2.58. The molecule has 1 rings (SSSR count). The van der Waals surface area contributed by atoms with Crippen LogP contribution in [0.15, 0.2) is 0 Å². The summed E-state index contributed by atoms with van der Waals surface area (Å²) < 4.78 is 12.8. The second kappa shape index (κ2) is 2.68. The van der Waals surface area contributed by atoms with E-state index < -0.39 is 6.17 Å². The molecule has 3 atom stereocenters. The molecule has 1 saturated carbocycles. The van der Waals surface area contributed by atoms with E-state index >= 15 is 0 Å². The Labute approximate surface area is 56.5 Å². The molecule has 9 heavy (non-hydrogen) atoms. The average molecular weight is 130 g/mol. The minimum atomic E-state index is -0.520. The van der Waals surface area contributed by atoms with Crippen molar-refractivity contribution in [3.8, 4) is 0 Å². The van der Waals surface area contributed by atoms with Crippen LogP contribution in [0.25, 0.3) is 0 Å². The van der Waals surface area contributed by atoms with Gasteiger partial charge in [-0.2, -0.15) is 0 Å². The van der Waals surface area contributed by atoms with Gasteiger partial charge in [-0.3, -0.25) is 0 Å². The fourth-order valence-corrected chi connectivity index (χ4v) is 1.46. The van der Waals surface area contributed by atoms with Gasteiger partial charge in [0.05, 0.1) is 0 Å². The van der Waals surface area contributed by atoms with Crippen LogP contribution in [0.1, 0.15) is 33.1 Å². The molecule has 0 aliphatic heterocycles. The smallest absolute Gasteiger partial charge is 0.103 e. The monoisotopic (exact) mass is 130 g/mol. The number of alkyl halides is 1. The molecule has 0 aromatic rings. The van der Waals surface area contributed by atoms with Crippen molar-refractivity contribution in [2.75, 3.05) is 0 Å². The third kappa shape index (κ3) is 1.67. The van der Waals surface area contributed by atoms with E-state index in [0.29, 0.717) is 11.8 Å². The summed E-state index contributed by atoms with van der Waals surface area (Å²) in [4.78, 5) is 0. The maximum atomic E-state index is 12.8. The Morgan fingerprint density at radius 3 is 2.33 bits per heavy atom. The minimum Gasteiger partial charge on any atom is -0.247 e. The molecule has 0 spiro atoms. The van der Waals surface area contributed by atoms with Gasteiger partial charge >= 0.3 is 0 Å². The highest BCUT2D eigenvalue weighted by Gasteiger charge is 2.24. The summed E-state index contributed by atoms with van der Waals surface area (Å²) in [5.74, 6) is 0.942. The van der Waals surface area contributed by atoms with Gasteiger partial charge in [0.25, 0.3) is 0 Å². The fraction of sp³-hybridized carbons (Fsp3) is 1.00. The zero-order valence-electron chi connectivity index (χ0n) is 6.23. The van der Waals surface area contributed by atoms with Crippen LogP contribution in [0.4, 0.5) is 4.39 Å². The van der Waals surface area contributed by atoms with Crippen molar-refractivity contribution >= 4 is 0 Å². The summed E-state index contributed by atoms with van der Waals surface area (Å²) in [5, 5.41) is 0. The van der Waals surface area contributed by atoms with Gasteiger partial charge in [0.15, 0.2) is 0 Å². The first-order valence-corrected chi connectivity index (χ1v) is 3.84. The first kappa shape index (κ1) is 7.04. The van der Waals surface area contributed by atoms with Gasteiger partial charge in [-0.1, -0.05) is 20.3 Å². The van der Waals surface area contributed by atoms with E-state index in [1.807, 2.05) is 6.92 Å². The van der Waals surface area contributed by atoms with Crippen molar-refractivity contribution < 1.29 is 4.39 Å². The zero-order chi connectivity index (χ0) is 6.85. The minimum absolute atomic E-state index is 0.321. The number of hydrogen-bond donors (Lipinski definition) is 0. The molecule has 54 valence electrons. The first-order chi connectivity index (χ1) is 4.20. The van der Waals surface area contributed by atoms with Gasteiger partial charge in [0.2, 0.25) is 0 Å². The summed E-state index contributed by atoms with van der Waals surface area (Å²) in [6, 6.07) is 0. The van der Waals surface area contributed by atoms with Gasteiger partial charge in [0, 0.05) is 0 Å². The fourth-order valence-electron chi connectivity index (χ4n) is 1.46. The van der Waals surface area contributed by atoms with E-state index in [2.05, 4.69) is 6.92 Å². The van der Waals surface area contributed by atoms with E-state index in [9.17, 15) is 4.39 Å². The molecule has 0 bridgehead atoms. The lowest BCUT2D eigenvalue weighted by Crippen LogP contribution is -2.22. The van der Waals surface area contributed by atoms with Crippen molar-refractivity contribution in [2.24, 2.45) is 11.8 Å². The van der Waals surface area contributed by atoms with Gasteiger partial charge in [0.1, 0.15) is 6.17 Å². The van der Waals surface area contributed by atoms with Crippen LogP contribution in [0, 0.1) is 11.8 Å². The maximum absolute atomic E-state index is 12.8. The van der Waals surface area contributed by atoms with Crippen LogP contribution in [0.2, 0.25) is 0 Å². The molecule has 0 heterocycles. The lowest BCUT2D eigenvalue weighted by Gasteiger charge is -2.26. The lowest BCUT2D eigenvalue weighted by atomic mass is 9.83. The topological polar surface area (TPSA) is 0 Å². The molecule has 0 aromatic carbocycles. The lowest BCUT2D eigenvalue weighted by molar-refractivity contribution is 0.145. The van der Waals surface area contributed by atoms with Gasteiger partial charge in [-0.25, -0.2) is 4.39 Å². The number of halogens is 1. The van der Waals surface area contributed by atoms with Crippen molar-refractivity contribution in [1.29, 1.82) is 0 Å². The maximum Gasteiger partial charge on any atom is 0.103 e. The number of rotatable bonds is 0. The Bertz CT molecular complexity index is 90.6. The van der Waals surface area contributed by atoms with Crippen LogP contribution in [0.3, 0.4) is 0 Å². The molecule has 0 saturated heterocycles. The van der Waals surface area contributed by atoms with Crippen molar-refractivity contribution in [2.45, 2.75) is 39.3 Å². The summed E-state index contributed by atoms with van der Waals surface area (Å²) >= 11 is 0. The third-order valence-corrected chi connectivity index (χ3v) is 2.36. The van der Waals surface area contributed by atoms with E-state index in [-0.39, 0.29) is 0 Å². The highest BCUT2D eigenvalue weighted by atomic mass is 19.1. The summed E-state index contributed by atoms with van der Waals surface area (Å²) in [5.41, 5.74) is 0. The van der Waals surface area contributed by atoms with E-state index in [0.717, 1.165) is 12.8 Å². The van der Waals surface area contributed by atoms with Crippen molar-refractivity contribution in [3.63, 3.8) is 0 Å². The van der Waals surface area contributed by atoms with Crippen molar-refractivity contribution in [1.82, 2.24) is 0 Å². The summed E-state index contributed by atoms with van der Waals surface area (Å²) in [6.45, 7) is 4.15. The van der Waals surface area contributed by atoms with Gasteiger partial charge in [-0.05, 0) is 24.7 Å². The van der Waals surface area contributed by atoms with E-state index in [1.54, 1.807) is 0 Å². The predicted octanol–water partition coefficient (Wildman–Crippen LogP) is 2.78. The van der Waals surface area contributed by atoms with Gasteiger partial charge in [-0.15, -0.1) is 0 Å². The second-order valence-electron chi connectivity index (χ2n) is 3.41. The molecular weight excluding hydrogens is 115 g/mol.